The maximum atomic E-state index is 12.3. The standard InChI is InChI=1S/C15H26N2O3/c1-14(13(19)20,11-6-7-11)17-12(18)10-15(16-2)8-4-3-5-9-15/h11,16H,3-10H2,1-2H3,(H,17,18)(H,19,20). The van der Waals surface area contributed by atoms with Gasteiger partial charge in [0.2, 0.25) is 5.91 Å². The molecule has 0 radical (unpaired) electrons. The van der Waals surface area contributed by atoms with E-state index in [1.807, 2.05) is 7.05 Å². The minimum atomic E-state index is -1.10. The molecule has 2 saturated carbocycles. The molecule has 0 heterocycles. The van der Waals surface area contributed by atoms with Crippen LogP contribution in [-0.4, -0.2) is 35.1 Å². The molecule has 114 valence electrons. The monoisotopic (exact) mass is 282 g/mol. The van der Waals surface area contributed by atoms with Crippen LogP contribution in [0.5, 0.6) is 0 Å². The van der Waals surface area contributed by atoms with E-state index in [9.17, 15) is 14.7 Å². The lowest BCUT2D eigenvalue weighted by molar-refractivity contribution is -0.148. The second-order valence-electron chi connectivity index (χ2n) is 6.60. The maximum absolute atomic E-state index is 12.3. The molecule has 5 nitrogen and oxygen atoms in total. The normalized spacial score (nSPS) is 24.7. The van der Waals surface area contributed by atoms with E-state index in [4.69, 9.17) is 0 Å². The first-order chi connectivity index (χ1) is 9.42. The van der Waals surface area contributed by atoms with E-state index in [0.717, 1.165) is 38.5 Å². The van der Waals surface area contributed by atoms with Crippen LogP contribution in [-0.2, 0) is 9.59 Å². The van der Waals surface area contributed by atoms with E-state index in [2.05, 4.69) is 10.6 Å². The molecule has 2 aliphatic carbocycles. The van der Waals surface area contributed by atoms with Crippen LogP contribution in [0, 0.1) is 5.92 Å². The molecule has 2 aliphatic rings. The number of hydrogen-bond acceptors (Lipinski definition) is 3. The predicted octanol–water partition coefficient (Wildman–Crippen LogP) is 1.67. The van der Waals surface area contributed by atoms with E-state index < -0.39 is 11.5 Å². The lowest BCUT2D eigenvalue weighted by atomic mass is 9.79. The summed E-state index contributed by atoms with van der Waals surface area (Å²) >= 11 is 0. The van der Waals surface area contributed by atoms with Gasteiger partial charge in [-0.05, 0) is 45.6 Å². The summed E-state index contributed by atoms with van der Waals surface area (Å²) in [4.78, 5) is 23.8. The molecule has 0 bridgehead atoms. The molecule has 0 aromatic heterocycles. The van der Waals surface area contributed by atoms with Crippen molar-refractivity contribution >= 4 is 11.9 Å². The van der Waals surface area contributed by atoms with Crippen molar-refractivity contribution in [1.29, 1.82) is 0 Å². The average Bonchev–Trinajstić information content (AvgIpc) is 3.23. The van der Waals surface area contributed by atoms with Crippen LogP contribution in [0.15, 0.2) is 0 Å². The third kappa shape index (κ3) is 3.14. The molecular weight excluding hydrogens is 256 g/mol. The number of aliphatic carboxylic acids is 1. The number of amides is 1. The number of carbonyl (C=O) groups excluding carboxylic acids is 1. The van der Waals surface area contributed by atoms with Crippen LogP contribution in [0.4, 0.5) is 0 Å². The zero-order valence-corrected chi connectivity index (χ0v) is 12.5. The molecule has 0 spiro atoms. The molecule has 0 aliphatic heterocycles. The largest absolute Gasteiger partial charge is 0.480 e. The molecule has 2 fully saturated rings. The SMILES string of the molecule is CNC1(CC(=O)NC(C)(C(=O)O)C2CC2)CCCCC1. The van der Waals surface area contributed by atoms with E-state index in [0.29, 0.717) is 6.42 Å². The average molecular weight is 282 g/mol. The van der Waals surface area contributed by atoms with E-state index in [-0.39, 0.29) is 17.4 Å². The summed E-state index contributed by atoms with van der Waals surface area (Å²) < 4.78 is 0. The highest BCUT2D eigenvalue weighted by Gasteiger charge is 2.49. The van der Waals surface area contributed by atoms with Crippen molar-refractivity contribution in [3.63, 3.8) is 0 Å². The van der Waals surface area contributed by atoms with Gasteiger partial charge in [-0.15, -0.1) is 0 Å². The van der Waals surface area contributed by atoms with Gasteiger partial charge in [-0.25, -0.2) is 4.79 Å². The zero-order valence-electron chi connectivity index (χ0n) is 12.5. The zero-order chi connectivity index (χ0) is 14.8. The van der Waals surface area contributed by atoms with Gasteiger partial charge in [-0.3, -0.25) is 4.79 Å². The number of rotatable bonds is 6. The van der Waals surface area contributed by atoms with Gasteiger partial charge < -0.3 is 15.7 Å². The van der Waals surface area contributed by atoms with Crippen LogP contribution in [0.25, 0.3) is 0 Å². The van der Waals surface area contributed by atoms with E-state index in [1.165, 1.54) is 6.42 Å². The minimum absolute atomic E-state index is 0.0841. The Kier molecular flexibility index (Phi) is 4.37. The summed E-state index contributed by atoms with van der Waals surface area (Å²) in [7, 11) is 1.90. The highest BCUT2D eigenvalue weighted by atomic mass is 16.4. The number of carboxylic acids is 1. The summed E-state index contributed by atoms with van der Waals surface area (Å²) in [6, 6.07) is 0. The quantitative estimate of drug-likeness (QED) is 0.692. The van der Waals surface area contributed by atoms with Crippen LogP contribution >= 0.6 is 0 Å². The van der Waals surface area contributed by atoms with Gasteiger partial charge >= 0.3 is 5.97 Å². The second-order valence-corrected chi connectivity index (χ2v) is 6.60. The molecule has 0 aromatic rings. The van der Waals surface area contributed by atoms with Crippen LogP contribution in [0.2, 0.25) is 0 Å². The third-order valence-corrected chi connectivity index (χ3v) is 5.08. The smallest absolute Gasteiger partial charge is 0.329 e. The third-order valence-electron chi connectivity index (χ3n) is 5.08. The lowest BCUT2D eigenvalue weighted by Gasteiger charge is -2.37. The van der Waals surface area contributed by atoms with Crippen molar-refractivity contribution in [2.75, 3.05) is 7.05 Å². The van der Waals surface area contributed by atoms with Crippen LogP contribution in [0.1, 0.15) is 58.3 Å². The molecule has 1 unspecified atom stereocenters. The number of hydrogen-bond donors (Lipinski definition) is 3. The van der Waals surface area contributed by atoms with Gasteiger partial charge in [0, 0.05) is 12.0 Å². The second kappa shape index (κ2) is 5.72. The number of nitrogens with one attached hydrogen (secondary N) is 2. The van der Waals surface area contributed by atoms with Gasteiger partial charge in [0.15, 0.2) is 0 Å². The van der Waals surface area contributed by atoms with Gasteiger partial charge in [0.1, 0.15) is 5.54 Å². The minimum Gasteiger partial charge on any atom is -0.480 e. The van der Waals surface area contributed by atoms with Crippen molar-refractivity contribution in [1.82, 2.24) is 10.6 Å². The first kappa shape index (κ1) is 15.3. The van der Waals surface area contributed by atoms with Gasteiger partial charge in [-0.1, -0.05) is 19.3 Å². The van der Waals surface area contributed by atoms with Gasteiger partial charge in [-0.2, -0.15) is 0 Å². The van der Waals surface area contributed by atoms with E-state index >= 15 is 0 Å². The summed E-state index contributed by atoms with van der Waals surface area (Å²) in [5.74, 6) is -0.977. The molecule has 0 aromatic carbocycles. The van der Waals surface area contributed by atoms with Crippen LogP contribution < -0.4 is 10.6 Å². The predicted molar refractivity (Wildman–Crippen MR) is 76.4 cm³/mol. The Balaban J connectivity index is 1.98. The lowest BCUT2D eigenvalue weighted by Crippen LogP contribution is -2.57. The van der Waals surface area contributed by atoms with E-state index in [1.54, 1.807) is 6.92 Å². The Morgan fingerprint density at radius 2 is 1.85 bits per heavy atom. The highest BCUT2D eigenvalue weighted by Crippen LogP contribution is 2.40. The molecule has 5 heteroatoms. The highest BCUT2D eigenvalue weighted by molar-refractivity contribution is 5.87. The van der Waals surface area contributed by atoms with Crippen molar-refractivity contribution in [3.8, 4) is 0 Å². The topological polar surface area (TPSA) is 78.4 Å². The van der Waals surface area contributed by atoms with Gasteiger partial charge in [0.25, 0.3) is 0 Å². The fraction of sp³-hybridized carbons (Fsp3) is 0.867. The molecule has 0 saturated heterocycles. The van der Waals surface area contributed by atoms with Gasteiger partial charge in [0.05, 0.1) is 0 Å². The van der Waals surface area contributed by atoms with Crippen molar-refractivity contribution in [2.45, 2.75) is 69.4 Å². The molecule has 1 amide bonds. The molecule has 3 N–H and O–H groups in total. The fourth-order valence-corrected chi connectivity index (χ4v) is 3.38. The first-order valence-corrected chi connectivity index (χ1v) is 7.65. The Hall–Kier alpha value is -1.10. The van der Waals surface area contributed by atoms with Crippen molar-refractivity contribution in [2.24, 2.45) is 5.92 Å². The molecular formula is C15H26N2O3. The molecule has 2 rings (SSSR count). The number of carbonyl (C=O) groups is 2. The number of carboxylic acid groups (broad SMARTS) is 1. The van der Waals surface area contributed by atoms with Crippen LogP contribution in [0.3, 0.4) is 0 Å². The maximum Gasteiger partial charge on any atom is 0.329 e. The first-order valence-electron chi connectivity index (χ1n) is 7.65. The summed E-state index contributed by atoms with van der Waals surface area (Å²) in [6.07, 6.45) is 7.62. The Morgan fingerprint density at radius 3 is 2.30 bits per heavy atom. The Bertz CT molecular complexity index is 387. The molecule has 1 atom stereocenters. The van der Waals surface area contributed by atoms with Crippen molar-refractivity contribution in [3.05, 3.63) is 0 Å². The van der Waals surface area contributed by atoms with Crippen molar-refractivity contribution < 1.29 is 14.7 Å². The Morgan fingerprint density at radius 1 is 1.25 bits per heavy atom. The summed E-state index contributed by atoms with van der Waals surface area (Å²) in [6.45, 7) is 1.64. The molecule has 20 heavy (non-hydrogen) atoms. The Labute approximate surface area is 120 Å². The summed E-state index contributed by atoms with van der Waals surface area (Å²) in [5.41, 5.74) is -1.24. The summed E-state index contributed by atoms with van der Waals surface area (Å²) in [5, 5.41) is 15.5. The fourth-order valence-electron chi connectivity index (χ4n) is 3.38.